The zero-order valence-corrected chi connectivity index (χ0v) is 14.4. The molecule has 0 saturated carbocycles. The summed E-state index contributed by atoms with van der Waals surface area (Å²) in [6, 6.07) is 10.4. The number of amides is 1. The van der Waals surface area contributed by atoms with Crippen molar-refractivity contribution in [2.24, 2.45) is 0 Å². The van der Waals surface area contributed by atoms with Crippen molar-refractivity contribution in [1.82, 2.24) is 4.90 Å². The van der Waals surface area contributed by atoms with Gasteiger partial charge in [0.2, 0.25) is 0 Å². The topological polar surface area (TPSA) is 55.8 Å². The fourth-order valence-electron chi connectivity index (χ4n) is 2.91. The van der Waals surface area contributed by atoms with Gasteiger partial charge in [0.05, 0.1) is 7.11 Å². The van der Waals surface area contributed by atoms with Crippen molar-refractivity contribution in [3.63, 3.8) is 0 Å². The van der Waals surface area contributed by atoms with Crippen LogP contribution >= 0.6 is 11.3 Å². The van der Waals surface area contributed by atoms with Gasteiger partial charge in [0, 0.05) is 11.4 Å². The maximum atomic E-state index is 12.9. The Bertz CT molecular complexity index is 728. The van der Waals surface area contributed by atoms with Gasteiger partial charge in [-0.2, -0.15) is 0 Å². The van der Waals surface area contributed by atoms with E-state index in [1.165, 1.54) is 7.11 Å². The van der Waals surface area contributed by atoms with Crippen LogP contribution in [0.3, 0.4) is 0 Å². The van der Waals surface area contributed by atoms with E-state index < -0.39 is 18.1 Å². The number of hydrogen-bond acceptors (Lipinski definition) is 5. The molecule has 0 bridgehead atoms. The van der Waals surface area contributed by atoms with E-state index in [2.05, 4.69) is 0 Å². The standard InChI is InChI=1S/C18H19NO4S/c1-12(23-13-6-4-3-5-7-13)17(20)19-10-8-15-14(9-11-24-15)16(19)18(21)22-2/h3-7,9,11-12,16H,8,10H2,1-2H3. The molecule has 1 amide bonds. The smallest absolute Gasteiger partial charge is 0.333 e. The van der Waals surface area contributed by atoms with Crippen LogP contribution < -0.4 is 4.74 Å². The maximum Gasteiger partial charge on any atom is 0.333 e. The van der Waals surface area contributed by atoms with Crippen LogP contribution in [-0.4, -0.2) is 36.5 Å². The van der Waals surface area contributed by atoms with Crippen LogP contribution in [0.4, 0.5) is 0 Å². The highest BCUT2D eigenvalue weighted by atomic mass is 32.1. The van der Waals surface area contributed by atoms with E-state index in [9.17, 15) is 9.59 Å². The van der Waals surface area contributed by atoms with Crippen molar-refractivity contribution in [2.75, 3.05) is 13.7 Å². The molecule has 0 N–H and O–H groups in total. The molecule has 1 aromatic carbocycles. The monoisotopic (exact) mass is 345 g/mol. The Morgan fingerprint density at radius 1 is 1.25 bits per heavy atom. The van der Waals surface area contributed by atoms with E-state index in [0.29, 0.717) is 12.3 Å². The van der Waals surface area contributed by atoms with Crippen molar-refractivity contribution in [1.29, 1.82) is 0 Å². The summed E-state index contributed by atoms with van der Waals surface area (Å²) < 4.78 is 10.6. The number of hydrogen-bond donors (Lipinski definition) is 0. The van der Waals surface area contributed by atoms with Crippen LogP contribution in [0.15, 0.2) is 41.8 Å². The summed E-state index contributed by atoms with van der Waals surface area (Å²) >= 11 is 1.60. The number of ether oxygens (including phenoxy) is 2. The van der Waals surface area contributed by atoms with Gasteiger partial charge < -0.3 is 14.4 Å². The quantitative estimate of drug-likeness (QED) is 0.800. The number of benzene rings is 1. The molecule has 0 spiro atoms. The minimum Gasteiger partial charge on any atom is -0.481 e. The lowest BCUT2D eigenvalue weighted by Gasteiger charge is -2.35. The van der Waals surface area contributed by atoms with Crippen LogP contribution in [0.2, 0.25) is 0 Å². The number of fused-ring (bicyclic) bond motifs is 1. The zero-order valence-electron chi connectivity index (χ0n) is 13.6. The van der Waals surface area contributed by atoms with E-state index in [-0.39, 0.29) is 5.91 Å². The van der Waals surface area contributed by atoms with Gasteiger partial charge in [-0.3, -0.25) is 4.79 Å². The number of methoxy groups -OCH3 is 1. The Morgan fingerprint density at radius 2 is 2.00 bits per heavy atom. The average Bonchev–Trinajstić information content (AvgIpc) is 3.09. The van der Waals surface area contributed by atoms with E-state index in [1.807, 2.05) is 29.6 Å². The number of rotatable bonds is 4. The Balaban J connectivity index is 1.81. The van der Waals surface area contributed by atoms with Crippen molar-refractivity contribution in [2.45, 2.75) is 25.5 Å². The maximum absolute atomic E-state index is 12.9. The number of para-hydroxylation sites is 1. The molecule has 0 aliphatic carbocycles. The van der Waals surface area contributed by atoms with Gasteiger partial charge in [-0.15, -0.1) is 11.3 Å². The van der Waals surface area contributed by atoms with Gasteiger partial charge in [0.15, 0.2) is 12.1 Å². The number of carbonyl (C=O) groups is 2. The highest BCUT2D eigenvalue weighted by molar-refractivity contribution is 7.10. The summed E-state index contributed by atoms with van der Waals surface area (Å²) in [6.07, 6.45) is 0.0596. The fourth-order valence-corrected chi connectivity index (χ4v) is 3.81. The van der Waals surface area contributed by atoms with Crippen LogP contribution in [0.1, 0.15) is 23.4 Å². The van der Waals surface area contributed by atoms with Gasteiger partial charge in [-0.25, -0.2) is 4.79 Å². The average molecular weight is 345 g/mol. The second-order valence-electron chi connectivity index (χ2n) is 5.58. The molecule has 2 aromatic rings. The fraction of sp³-hybridized carbons (Fsp3) is 0.333. The summed E-state index contributed by atoms with van der Waals surface area (Å²) in [4.78, 5) is 27.8. The summed E-state index contributed by atoms with van der Waals surface area (Å²) in [7, 11) is 1.34. The molecule has 126 valence electrons. The third kappa shape index (κ3) is 3.14. The molecule has 2 atom stereocenters. The van der Waals surface area contributed by atoms with Gasteiger partial charge in [-0.05, 0) is 42.5 Å². The number of carbonyl (C=O) groups excluding carboxylic acids is 2. The molecular formula is C18H19NO4S. The van der Waals surface area contributed by atoms with E-state index in [4.69, 9.17) is 9.47 Å². The van der Waals surface area contributed by atoms with Crippen LogP contribution in [-0.2, 0) is 20.7 Å². The van der Waals surface area contributed by atoms with Crippen molar-refractivity contribution < 1.29 is 19.1 Å². The Hall–Kier alpha value is -2.34. The van der Waals surface area contributed by atoms with Crippen LogP contribution in [0.25, 0.3) is 0 Å². The van der Waals surface area contributed by atoms with Crippen molar-refractivity contribution in [3.05, 3.63) is 52.2 Å². The molecule has 5 nitrogen and oxygen atoms in total. The first-order valence-corrected chi connectivity index (χ1v) is 8.66. The zero-order chi connectivity index (χ0) is 17.1. The molecule has 1 aliphatic heterocycles. The van der Waals surface area contributed by atoms with Gasteiger partial charge in [-0.1, -0.05) is 18.2 Å². The summed E-state index contributed by atoms with van der Waals surface area (Å²) in [5, 5.41) is 1.94. The second-order valence-corrected chi connectivity index (χ2v) is 6.58. The highest BCUT2D eigenvalue weighted by Gasteiger charge is 2.39. The highest BCUT2D eigenvalue weighted by Crippen LogP contribution is 2.34. The van der Waals surface area contributed by atoms with Gasteiger partial charge >= 0.3 is 5.97 Å². The molecule has 2 unspecified atom stereocenters. The largest absolute Gasteiger partial charge is 0.481 e. The number of esters is 1. The van der Waals surface area contributed by atoms with Gasteiger partial charge in [0.1, 0.15) is 5.75 Å². The minimum atomic E-state index is -0.695. The summed E-state index contributed by atoms with van der Waals surface area (Å²) in [5.41, 5.74) is 0.860. The summed E-state index contributed by atoms with van der Waals surface area (Å²) in [6.45, 7) is 2.18. The van der Waals surface area contributed by atoms with Crippen molar-refractivity contribution in [3.8, 4) is 5.75 Å². The van der Waals surface area contributed by atoms with Gasteiger partial charge in [0.25, 0.3) is 5.91 Å². The Labute approximate surface area is 144 Å². The second kappa shape index (κ2) is 7.05. The van der Waals surface area contributed by atoms with Crippen LogP contribution in [0.5, 0.6) is 5.75 Å². The Morgan fingerprint density at radius 3 is 2.71 bits per heavy atom. The number of nitrogens with zero attached hydrogens (tertiary/aromatic N) is 1. The first-order chi connectivity index (χ1) is 11.6. The summed E-state index contributed by atoms with van der Waals surface area (Å²) in [5.74, 6) is -0.0121. The molecule has 1 aromatic heterocycles. The molecule has 3 rings (SSSR count). The first-order valence-electron chi connectivity index (χ1n) is 7.78. The predicted octanol–water partition coefficient (Wildman–Crippen LogP) is 2.81. The number of thiophene rings is 1. The third-order valence-electron chi connectivity index (χ3n) is 4.08. The lowest BCUT2D eigenvalue weighted by Crippen LogP contribution is -2.48. The van der Waals surface area contributed by atoms with E-state index in [0.717, 1.165) is 16.9 Å². The molecule has 6 heteroatoms. The molecule has 0 fully saturated rings. The van der Waals surface area contributed by atoms with E-state index in [1.54, 1.807) is 35.3 Å². The third-order valence-corrected chi connectivity index (χ3v) is 5.07. The Kier molecular flexibility index (Phi) is 4.85. The lowest BCUT2D eigenvalue weighted by atomic mass is 9.99. The molecule has 24 heavy (non-hydrogen) atoms. The molecule has 0 radical (unpaired) electrons. The minimum absolute atomic E-state index is 0.217. The van der Waals surface area contributed by atoms with Crippen LogP contribution in [0, 0.1) is 0 Å². The van der Waals surface area contributed by atoms with Crippen molar-refractivity contribution >= 4 is 23.2 Å². The lowest BCUT2D eigenvalue weighted by molar-refractivity contribution is -0.156. The molecule has 0 saturated heterocycles. The molecule has 2 heterocycles. The predicted molar refractivity (Wildman–Crippen MR) is 91.0 cm³/mol. The normalized spacial score (nSPS) is 17.8. The molecule has 1 aliphatic rings. The first kappa shape index (κ1) is 16.5. The molecular weight excluding hydrogens is 326 g/mol. The van der Waals surface area contributed by atoms with E-state index >= 15 is 0 Å². The SMILES string of the molecule is COC(=O)C1c2ccsc2CCN1C(=O)C(C)Oc1ccccc1.